The first-order valence-corrected chi connectivity index (χ1v) is 6.98. The van der Waals surface area contributed by atoms with Gasteiger partial charge in [0.25, 0.3) is 0 Å². The molecule has 0 spiro atoms. The van der Waals surface area contributed by atoms with Crippen LogP contribution in [0.2, 0.25) is 0 Å². The van der Waals surface area contributed by atoms with E-state index in [-0.39, 0.29) is 16.5 Å². The maximum atomic E-state index is 13.6. The first-order valence-electron chi connectivity index (χ1n) is 5.39. The van der Waals surface area contributed by atoms with Crippen molar-refractivity contribution in [3.05, 3.63) is 68.1 Å². The van der Waals surface area contributed by atoms with E-state index in [1.54, 1.807) is 24.3 Å². The number of halogens is 4. The Morgan fingerprint density at radius 1 is 1.00 bits per heavy atom. The van der Waals surface area contributed by atoms with Crippen molar-refractivity contribution in [3.8, 4) is 0 Å². The van der Waals surface area contributed by atoms with Gasteiger partial charge in [-0.1, -0.05) is 28.1 Å². The number of hydrogen-bond acceptors (Lipinski definition) is 1. The topological polar surface area (TPSA) is 17.1 Å². The van der Waals surface area contributed by atoms with Crippen LogP contribution in [0.25, 0.3) is 0 Å². The lowest BCUT2D eigenvalue weighted by molar-refractivity contribution is 0.0988. The Morgan fingerprint density at radius 2 is 1.63 bits per heavy atom. The van der Waals surface area contributed by atoms with E-state index in [1.807, 2.05) is 0 Å². The molecule has 0 amide bonds. The predicted molar refractivity (Wildman–Crippen MR) is 76.2 cm³/mol. The second-order valence-corrected chi connectivity index (χ2v) is 5.74. The first kappa shape index (κ1) is 14.3. The second kappa shape index (κ2) is 5.92. The van der Waals surface area contributed by atoms with E-state index in [9.17, 15) is 13.6 Å². The summed E-state index contributed by atoms with van der Waals surface area (Å²) >= 11 is 6.16. The molecular weight excluding hydrogens is 382 g/mol. The average molecular weight is 390 g/mol. The lowest BCUT2D eigenvalue weighted by atomic mass is 10.0. The van der Waals surface area contributed by atoms with Crippen molar-refractivity contribution < 1.29 is 13.6 Å². The molecule has 19 heavy (non-hydrogen) atoms. The quantitative estimate of drug-likeness (QED) is 0.538. The summed E-state index contributed by atoms with van der Waals surface area (Å²) in [5.41, 5.74) is 0.513. The van der Waals surface area contributed by atoms with Gasteiger partial charge in [-0.25, -0.2) is 8.78 Å². The Bertz CT molecular complexity index is 624. The summed E-state index contributed by atoms with van der Waals surface area (Å²) in [5.74, 6) is -1.83. The van der Waals surface area contributed by atoms with E-state index in [1.165, 1.54) is 0 Å². The van der Waals surface area contributed by atoms with Crippen LogP contribution in [0, 0.1) is 11.6 Å². The van der Waals surface area contributed by atoms with E-state index >= 15 is 0 Å². The minimum atomic E-state index is -0.726. The lowest BCUT2D eigenvalue weighted by Crippen LogP contribution is -2.07. The number of carbonyl (C=O) groups is 1. The van der Waals surface area contributed by atoms with Gasteiger partial charge in [-0.15, -0.1) is 0 Å². The summed E-state index contributed by atoms with van der Waals surface area (Å²) in [6.07, 6.45) is 0.0330. The molecule has 2 aromatic rings. The van der Waals surface area contributed by atoms with Crippen LogP contribution in [0.5, 0.6) is 0 Å². The van der Waals surface area contributed by atoms with Crippen LogP contribution in [0.3, 0.4) is 0 Å². The van der Waals surface area contributed by atoms with Gasteiger partial charge in [-0.3, -0.25) is 4.79 Å². The highest BCUT2D eigenvalue weighted by atomic mass is 79.9. The molecular formula is C14H8Br2F2O. The fourth-order valence-corrected chi connectivity index (χ4v) is 2.20. The van der Waals surface area contributed by atoms with Crippen molar-refractivity contribution in [2.24, 2.45) is 0 Å². The van der Waals surface area contributed by atoms with Crippen LogP contribution >= 0.6 is 31.9 Å². The van der Waals surface area contributed by atoms with Crippen molar-refractivity contribution in [2.45, 2.75) is 6.42 Å². The van der Waals surface area contributed by atoms with Crippen molar-refractivity contribution in [1.82, 2.24) is 0 Å². The average Bonchev–Trinajstić information content (AvgIpc) is 2.36. The second-order valence-electron chi connectivity index (χ2n) is 3.97. The summed E-state index contributed by atoms with van der Waals surface area (Å²) in [4.78, 5) is 11.9. The summed E-state index contributed by atoms with van der Waals surface area (Å²) in [5, 5.41) is 0. The number of rotatable bonds is 3. The third-order valence-corrected chi connectivity index (χ3v) is 3.72. The number of benzene rings is 2. The molecule has 0 N–H and O–H groups in total. The Hall–Kier alpha value is -1.07. The highest BCUT2D eigenvalue weighted by molar-refractivity contribution is 9.10. The van der Waals surface area contributed by atoms with Crippen molar-refractivity contribution >= 4 is 37.6 Å². The molecule has 1 nitrogen and oxygen atoms in total. The molecule has 98 valence electrons. The van der Waals surface area contributed by atoms with E-state index in [2.05, 4.69) is 31.9 Å². The van der Waals surface area contributed by atoms with Gasteiger partial charge in [0.15, 0.2) is 5.78 Å². The van der Waals surface area contributed by atoms with Gasteiger partial charge in [0, 0.05) is 10.9 Å². The lowest BCUT2D eigenvalue weighted by Gasteiger charge is -2.05. The SMILES string of the molecule is O=C(Cc1ccc(Br)cc1)c1cc(F)c(Br)cc1F. The maximum absolute atomic E-state index is 13.6. The number of Topliss-reactive ketones (excluding diaryl/α,β-unsaturated/α-hetero) is 1. The normalized spacial score (nSPS) is 10.5. The summed E-state index contributed by atoms with van der Waals surface area (Å²) < 4.78 is 27.9. The summed E-state index contributed by atoms with van der Waals surface area (Å²) in [7, 11) is 0. The fraction of sp³-hybridized carbons (Fsp3) is 0.0714. The number of carbonyl (C=O) groups excluding carboxylic acids is 1. The monoisotopic (exact) mass is 388 g/mol. The minimum absolute atomic E-state index is 0.00481. The molecule has 0 aromatic heterocycles. The molecule has 0 bridgehead atoms. The predicted octanol–water partition coefficient (Wildman–Crippen LogP) is 4.92. The van der Waals surface area contributed by atoms with Gasteiger partial charge < -0.3 is 0 Å². The molecule has 0 aliphatic carbocycles. The minimum Gasteiger partial charge on any atom is -0.294 e. The van der Waals surface area contributed by atoms with Crippen LogP contribution in [-0.2, 0) is 6.42 Å². The van der Waals surface area contributed by atoms with Gasteiger partial charge in [-0.2, -0.15) is 0 Å². The molecule has 0 saturated heterocycles. The molecule has 0 fully saturated rings. The summed E-state index contributed by atoms with van der Waals surface area (Å²) in [6, 6.07) is 8.98. The smallest absolute Gasteiger partial charge is 0.170 e. The van der Waals surface area contributed by atoms with Crippen LogP contribution < -0.4 is 0 Å². The van der Waals surface area contributed by atoms with Gasteiger partial charge in [0.05, 0.1) is 10.0 Å². The standard InChI is InChI=1S/C14H8Br2F2O/c15-9-3-1-8(2-4-9)5-14(19)10-6-13(18)11(16)7-12(10)17/h1-4,6-7H,5H2. The zero-order chi connectivity index (χ0) is 14.0. The number of ketones is 1. The fourth-order valence-electron chi connectivity index (χ4n) is 1.62. The van der Waals surface area contributed by atoms with Crippen LogP contribution in [-0.4, -0.2) is 5.78 Å². The third kappa shape index (κ3) is 3.48. The van der Waals surface area contributed by atoms with Crippen LogP contribution in [0.4, 0.5) is 8.78 Å². The zero-order valence-corrected chi connectivity index (χ0v) is 12.8. The molecule has 0 aliphatic heterocycles. The molecule has 0 atom stereocenters. The van der Waals surface area contributed by atoms with Gasteiger partial charge >= 0.3 is 0 Å². The Balaban J connectivity index is 2.25. The van der Waals surface area contributed by atoms with Crippen molar-refractivity contribution in [1.29, 1.82) is 0 Å². The van der Waals surface area contributed by atoms with E-state index < -0.39 is 17.4 Å². The van der Waals surface area contributed by atoms with Crippen LogP contribution in [0.1, 0.15) is 15.9 Å². The zero-order valence-electron chi connectivity index (χ0n) is 9.59. The Kier molecular flexibility index (Phi) is 4.47. The highest BCUT2D eigenvalue weighted by Crippen LogP contribution is 2.21. The molecule has 2 rings (SSSR count). The first-order chi connectivity index (χ1) is 8.97. The molecule has 0 saturated carbocycles. The van der Waals surface area contributed by atoms with E-state index in [0.717, 1.165) is 22.2 Å². The molecule has 0 aliphatic rings. The Morgan fingerprint density at radius 3 is 2.26 bits per heavy atom. The molecule has 5 heteroatoms. The summed E-state index contributed by atoms with van der Waals surface area (Å²) in [6.45, 7) is 0. The van der Waals surface area contributed by atoms with Crippen molar-refractivity contribution in [2.75, 3.05) is 0 Å². The highest BCUT2D eigenvalue weighted by Gasteiger charge is 2.15. The Labute approximate surface area is 125 Å². The van der Waals surface area contributed by atoms with Gasteiger partial charge in [-0.05, 0) is 45.8 Å². The van der Waals surface area contributed by atoms with E-state index in [4.69, 9.17) is 0 Å². The van der Waals surface area contributed by atoms with Gasteiger partial charge in [0.1, 0.15) is 11.6 Å². The molecule has 0 heterocycles. The van der Waals surface area contributed by atoms with Crippen LogP contribution in [0.15, 0.2) is 45.3 Å². The van der Waals surface area contributed by atoms with Crippen molar-refractivity contribution in [3.63, 3.8) is 0 Å². The molecule has 0 unspecified atom stereocenters. The molecule has 0 radical (unpaired) electrons. The largest absolute Gasteiger partial charge is 0.294 e. The number of hydrogen-bond donors (Lipinski definition) is 0. The maximum Gasteiger partial charge on any atom is 0.170 e. The molecule has 2 aromatic carbocycles. The van der Waals surface area contributed by atoms with E-state index in [0.29, 0.717) is 0 Å². The third-order valence-electron chi connectivity index (χ3n) is 2.59. The van der Waals surface area contributed by atoms with Gasteiger partial charge in [0.2, 0.25) is 0 Å².